The molecule has 0 atom stereocenters. The van der Waals surface area contributed by atoms with Crippen LogP contribution in [0.1, 0.15) is 22.5 Å². The summed E-state index contributed by atoms with van der Waals surface area (Å²) in [5.74, 6) is 0.926. The zero-order chi connectivity index (χ0) is 16.2. The van der Waals surface area contributed by atoms with Gasteiger partial charge in [0.25, 0.3) is 5.91 Å². The maximum atomic E-state index is 12.6. The Kier molecular flexibility index (Phi) is 4.76. The van der Waals surface area contributed by atoms with Crippen LogP contribution < -0.4 is 4.90 Å². The van der Waals surface area contributed by atoms with E-state index in [1.54, 1.807) is 24.3 Å². The van der Waals surface area contributed by atoms with Gasteiger partial charge in [-0.05, 0) is 49.7 Å². The Bertz CT molecular complexity index is 672. The van der Waals surface area contributed by atoms with Crippen LogP contribution in [-0.4, -0.2) is 47.2 Å². The Morgan fingerprint density at radius 2 is 1.78 bits per heavy atom. The van der Waals surface area contributed by atoms with Crippen LogP contribution in [0.4, 0.5) is 5.82 Å². The Hall–Kier alpha value is -2.14. The van der Waals surface area contributed by atoms with Gasteiger partial charge in [-0.25, -0.2) is 0 Å². The Morgan fingerprint density at radius 1 is 1.00 bits per heavy atom. The normalized spacial score (nSPS) is 15.4. The SMILES string of the molecule is Cc1ccc(N2CCCN(C(=O)c3ccc(Cl)cc3)CC2)nn1. The highest BCUT2D eigenvalue weighted by molar-refractivity contribution is 6.30. The van der Waals surface area contributed by atoms with E-state index in [0.29, 0.717) is 17.1 Å². The molecule has 0 spiro atoms. The van der Waals surface area contributed by atoms with Crippen molar-refractivity contribution in [3.05, 3.63) is 52.7 Å². The maximum Gasteiger partial charge on any atom is 0.253 e. The number of rotatable bonds is 2. The van der Waals surface area contributed by atoms with Crippen molar-refractivity contribution in [1.82, 2.24) is 15.1 Å². The van der Waals surface area contributed by atoms with Crippen LogP contribution in [0.5, 0.6) is 0 Å². The number of anilines is 1. The molecule has 0 bridgehead atoms. The third-order valence-corrected chi connectivity index (χ3v) is 4.23. The largest absolute Gasteiger partial charge is 0.353 e. The van der Waals surface area contributed by atoms with Crippen LogP contribution >= 0.6 is 11.6 Å². The first kappa shape index (κ1) is 15.7. The first-order valence-electron chi connectivity index (χ1n) is 7.73. The molecule has 1 fully saturated rings. The molecule has 0 unspecified atom stereocenters. The number of nitrogens with zero attached hydrogens (tertiary/aromatic N) is 4. The summed E-state index contributed by atoms with van der Waals surface area (Å²) in [6.07, 6.45) is 0.912. The van der Waals surface area contributed by atoms with Gasteiger partial charge in [0, 0.05) is 36.8 Å². The molecular weight excluding hydrogens is 312 g/mol. The number of halogens is 1. The third-order valence-electron chi connectivity index (χ3n) is 3.98. The van der Waals surface area contributed by atoms with Crippen molar-refractivity contribution in [2.24, 2.45) is 0 Å². The van der Waals surface area contributed by atoms with E-state index in [-0.39, 0.29) is 5.91 Å². The minimum Gasteiger partial charge on any atom is -0.353 e. The number of benzene rings is 1. The molecular formula is C17H19ClN4O. The second-order valence-electron chi connectivity index (χ2n) is 5.67. The average molecular weight is 331 g/mol. The molecule has 0 radical (unpaired) electrons. The zero-order valence-corrected chi connectivity index (χ0v) is 13.8. The number of aryl methyl sites for hydroxylation is 1. The quantitative estimate of drug-likeness (QED) is 0.849. The van der Waals surface area contributed by atoms with Gasteiger partial charge in [0.1, 0.15) is 0 Å². The fraction of sp³-hybridized carbons (Fsp3) is 0.353. The van der Waals surface area contributed by atoms with Gasteiger partial charge in [0.05, 0.1) is 5.69 Å². The Labute approximate surface area is 140 Å². The molecule has 0 N–H and O–H groups in total. The summed E-state index contributed by atoms with van der Waals surface area (Å²) in [5, 5.41) is 8.99. The monoisotopic (exact) mass is 330 g/mol. The standard InChI is InChI=1S/C17H19ClN4O/c1-13-3-8-16(20-19-13)21-9-2-10-22(12-11-21)17(23)14-4-6-15(18)7-5-14/h3-8H,2,9-12H2,1H3. The van der Waals surface area contributed by atoms with E-state index in [1.807, 2.05) is 24.0 Å². The topological polar surface area (TPSA) is 49.3 Å². The van der Waals surface area contributed by atoms with E-state index >= 15 is 0 Å². The van der Waals surface area contributed by atoms with Crippen LogP contribution in [0.15, 0.2) is 36.4 Å². The van der Waals surface area contributed by atoms with E-state index < -0.39 is 0 Å². The highest BCUT2D eigenvalue weighted by atomic mass is 35.5. The summed E-state index contributed by atoms with van der Waals surface area (Å²) in [5.41, 5.74) is 1.58. The maximum absolute atomic E-state index is 12.6. The molecule has 120 valence electrons. The first-order valence-corrected chi connectivity index (χ1v) is 8.11. The van der Waals surface area contributed by atoms with Crippen molar-refractivity contribution in [3.63, 3.8) is 0 Å². The van der Waals surface area contributed by atoms with Gasteiger partial charge in [-0.2, -0.15) is 5.10 Å². The average Bonchev–Trinajstić information content (AvgIpc) is 2.82. The van der Waals surface area contributed by atoms with Gasteiger partial charge >= 0.3 is 0 Å². The molecule has 1 aliphatic rings. The minimum absolute atomic E-state index is 0.0542. The van der Waals surface area contributed by atoms with Crippen molar-refractivity contribution in [2.45, 2.75) is 13.3 Å². The van der Waals surface area contributed by atoms with Crippen molar-refractivity contribution in [2.75, 3.05) is 31.1 Å². The molecule has 23 heavy (non-hydrogen) atoms. The highest BCUT2D eigenvalue weighted by Crippen LogP contribution is 2.16. The number of hydrogen-bond donors (Lipinski definition) is 0. The summed E-state index contributed by atoms with van der Waals surface area (Å²) in [4.78, 5) is 16.7. The van der Waals surface area contributed by atoms with Gasteiger partial charge in [-0.1, -0.05) is 11.6 Å². The minimum atomic E-state index is 0.0542. The van der Waals surface area contributed by atoms with Crippen LogP contribution in [0.2, 0.25) is 5.02 Å². The number of carbonyl (C=O) groups is 1. The van der Waals surface area contributed by atoms with E-state index in [1.165, 1.54) is 0 Å². The molecule has 1 amide bonds. The van der Waals surface area contributed by atoms with Crippen LogP contribution in [0.3, 0.4) is 0 Å². The summed E-state index contributed by atoms with van der Waals surface area (Å²) < 4.78 is 0. The lowest BCUT2D eigenvalue weighted by Gasteiger charge is -2.22. The second kappa shape index (κ2) is 6.96. The zero-order valence-electron chi connectivity index (χ0n) is 13.1. The van der Waals surface area contributed by atoms with Gasteiger partial charge in [-0.3, -0.25) is 4.79 Å². The summed E-state index contributed by atoms with van der Waals surface area (Å²) >= 11 is 5.88. The third kappa shape index (κ3) is 3.79. The highest BCUT2D eigenvalue weighted by Gasteiger charge is 2.21. The predicted octanol–water partition coefficient (Wildman–Crippen LogP) is 2.79. The lowest BCUT2D eigenvalue weighted by atomic mass is 10.2. The van der Waals surface area contributed by atoms with Crippen LogP contribution in [0.25, 0.3) is 0 Å². The van der Waals surface area contributed by atoms with E-state index in [9.17, 15) is 4.79 Å². The molecule has 0 aliphatic carbocycles. The molecule has 1 aromatic heterocycles. The number of hydrogen-bond acceptors (Lipinski definition) is 4. The van der Waals surface area contributed by atoms with Crippen molar-refractivity contribution in [1.29, 1.82) is 0 Å². The molecule has 5 nitrogen and oxygen atoms in total. The fourth-order valence-electron chi connectivity index (χ4n) is 2.69. The van der Waals surface area contributed by atoms with E-state index in [0.717, 1.165) is 37.6 Å². The van der Waals surface area contributed by atoms with E-state index in [2.05, 4.69) is 15.1 Å². The summed E-state index contributed by atoms with van der Waals surface area (Å²) in [6, 6.07) is 11.0. The molecule has 1 aliphatic heterocycles. The smallest absolute Gasteiger partial charge is 0.253 e. The second-order valence-corrected chi connectivity index (χ2v) is 6.11. The van der Waals surface area contributed by atoms with Gasteiger partial charge in [0.2, 0.25) is 0 Å². The lowest BCUT2D eigenvalue weighted by molar-refractivity contribution is 0.0767. The van der Waals surface area contributed by atoms with Crippen molar-refractivity contribution < 1.29 is 4.79 Å². The predicted molar refractivity (Wildman–Crippen MR) is 91.0 cm³/mol. The number of amides is 1. The molecule has 1 saturated heterocycles. The number of carbonyl (C=O) groups excluding carboxylic acids is 1. The molecule has 0 saturated carbocycles. The van der Waals surface area contributed by atoms with Crippen molar-refractivity contribution >= 4 is 23.3 Å². The Morgan fingerprint density at radius 3 is 2.48 bits per heavy atom. The van der Waals surface area contributed by atoms with Crippen LogP contribution in [0, 0.1) is 6.92 Å². The van der Waals surface area contributed by atoms with Gasteiger partial charge in [0.15, 0.2) is 5.82 Å². The molecule has 2 heterocycles. The van der Waals surface area contributed by atoms with E-state index in [4.69, 9.17) is 11.6 Å². The lowest BCUT2D eigenvalue weighted by Crippen LogP contribution is -2.35. The molecule has 6 heteroatoms. The van der Waals surface area contributed by atoms with Crippen molar-refractivity contribution in [3.8, 4) is 0 Å². The first-order chi connectivity index (χ1) is 11.1. The van der Waals surface area contributed by atoms with Gasteiger partial charge < -0.3 is 9.80 Å². The molecule has 3 rings (SSSR count). The van der Waals surface area contributed by atoms with Gasteiger partial charge in [-0.15, -0.1) is 5.10 Å². The Balaban J connectivity index is 1.67. The number of aromatic nitrogens is 2. The summed E-state index contributed by atoms with van der Waals surface area (Å²) in [6.45, 7) is 4.99. The summed E-state index contributed by atoms with van der Waals surface area (Å²) in [7, 11) is 0. The van der Waals surface area contributed by atoms with Crippen LogP contribution in [-0.2, 0) is 0 Å². The molecule has 1 aromatic carbocycles. The molecule has 2 aromatic rings. The fourth-order valence-corrected chi connectivity index (χ4v) is 2.81.